The van der Waals surface area contributed by atoms with Crippen molar-refractivity contribution in [2.24, 2.45) is 4.99 Å². The third kappa shape index (κ3) is 6.14. The molecule has 0 aromatic heterocycles. The van der Waals surface area contributed by atoms with E-state index in [2.05, 4.69) is 44.8 Å². The minimum atomic E-state index is -0.695. The van der Waals surface area contributed by atoms with Gasteiger partial charge in [0.25, 0.3) is 0 Å². The van der Waals surface area contributed by atoms with Gasteiger partial charge in [0.2, 0.25) is 0 Å². The molecule has 2 aliphatic rings. The van der Waals surface area contributed by atoms with Gasteiger partial charge >= 0.3 is 0 Å². The van der Waals surface area contributed by atoms with Crippen LogP contribution in [-0.2, 0) is 17.3 Å². The minimum absolute atomic E-state index is 0.329. The Kier molecular flexibility index (Phi) is 8.52. The van der Waals surface area contributed by atoms with Crippen molar-refractivity contribution in [3.05, 3.63) is 29.8 Å². The van der Waals surface area contributed by atoms with E-state index in [1.807, 2.05) is 25.7 Å². The second-order valence-corrected chi connectivity index (χ2v) is 10.7. The van der Waals surface area contributed by atoms with Gasteiger partial charge in [-0.2, -0.15) is 11.8 Å². The van der Waals surface area contributed by atoms with Gasteiger partial charge in [-0.3, -0.25) is 9.20 Å². The lowest BCUT2D eigenvalue weighted by molar-refractivity contribution is 0.413. The molecule has 1 heterocycles. The summed E-state index contributed by atoms with van der Waals surface area (Å²) in [6.45, 7) is 5.06. The first-order valence-electron chi connectivity index (χ1n) is 10.5. The number of anilines is 1. The van der Waals surface area contributed by atoms with Gasteiger partial charge in [0.15, 0.2) is 5.96 Å². The van der Waals surface area contributed by atoms with Crippen molar-refractivity contribution in [1.82, 2.24) is 10.6 Å². The summed E-state index contributed by atoms with van der Waals surface area (Å²) in [7, 11) is 1.12. The van der Waals surface area contributed by atoms with Crippen LogP contribution in [0.25, 0.3) is 0 Å². The molecule has 1 saturated heterocycles. The molecular formula is C21H34N4OS2. The smallest absolute Gasteiger partial charge is 0.191 e. The quantitative estimate of drug-likeness (QED) is 0.545. The number of nitrogens with zero attached hydrogens (tertiary/aromatic N) is 2. The Morgan fingerprint density at radius 3 is 2.68 bits per heavy atom. The molecule has 3 unspecified atom stereocenters. The number of aliphatic imine (C=N–C) groups is 1. The Morgan fingerprint density at radius 2 is 2.00 bits per heavy atom. The van der Waals surface area contributed by atoms with Crippen LogP contribution in [0.1, 0.15) is 38.2 Å². The van der Waals surface area contributed by atoms with Crippen molar-refractivity contribution in [1.29, 1.82) is 0 Å². The predicted molar refractivity (Wildman–Crippen MR) is 124 cm³/mol. The fourth-order valence-electron chi connectivity index (χ4n) is 3.97. The van der Waals surface area contributed by atoms with Gasteiger partial charge in [-0.1, -0.05) is 25.5 Å². The SMILES string of the molecule is CCS(=O)C1CCCC(NC(=NC)NCc2ccc(N3CCSCC3)cc2)C1. The first-order valence-corrected chi connectivity index (χ1v) is 13.0. The van der Waals surface area contributed by atoms with Gasteiger partial charge in [0, 0.05) is 71.7 Å². The van der Waals surface area contributed by atoms with Crippen LogP contribution in [-0.4, -0.2) is 58.9 Å². The predicted octanol–water partition coefficient (Wildman–Crippen LogP) is 2.98. The molecule has 0 amide bonds. The molecule has 3 atom stereocenters. The number of guanidine groups is 1. The fraction of sp³-hybridized carbons (Fsp3) is 0.667. The molecule has 0 bridgehead atoms. The highest BCUT2D eigenvalue weighted by Crippen LogP contribution is 2.23. The van der Waals surface area contributed by atoms with Gasteiger partial charge in [0.1, 0.15) is 0 Å². The molecule has 1 aliphatic carbocycles. The molecule has 7 heteroatoms. The highest BCUT2D eigenvalue weighted by atomic mass is 32.2. The second kappa shape index (κ2) is 11.1. The molecule has 5 nitrogen and oxygen atoms in total. The van der Waals surface area contributed by atoms with Crippen LogP contribution in [0, 0.1) is 0 Å². The van der Waals surface area contributed by atoms with E-state index in [-0.39, 0.29) is 0 Å². The maximum Gasteiger partial charge on any atom is 0.191 e. The van der Waals surface area contributed by atoms with E-state index in [9.17, 15) is 4.21 Å². The number of nitrogens with one attached hydrogen (secondary N) is 2. The molecule has 1 aliphatic heterocycles. The van der Waals surface area contributed by atoms with Crippen molar-refractivity contribution < 1.29 is 4.21 Å². The van der Waals surface area contributed by atoms with E-state index in [1.165, 1.54) is 22.8 Å². The van der Waals surface area contributed by atoms with E-state index >= 15 is 0 Å². The first-order chi connectivity index (χ1) is 13.7. The highest BCUT2D eigenvalue weighted by molar-refractivity contribution is 7.99. The van der Waals surface area contributed by atoms with E-state index < -0.39 is 10.8 Å². The van der Waals surface area contributed by atoms with Crippen molar-refractivity contribution in [3.8, 4) is 0 Å². The van der Waals surface area contributed by atoms with Crippen LogP contribution in [0.4, 0.5) is 5.69 Å². The average molecular weight is 423 g/mol. The molecule has 1 saturated carbocycles. The second-order valence-electron chi connectivity index (χ2n) is 7.49. The van der Waals surface area contributed by atoms with E-state index in [4.69, 9.17) is 0 Å². The lowest BCUT2D eigenvalue weighted by atomic mass is 9.95. The summed E-state index contributed by atoms with van der Waals surface area (Å²) in [5, 5.41) is 7.31. The Balaban J connectivity index is 1.48. The van der Waals surface area contributed by atoms with Crippen molar-refractivity contribution in [3.63, 3.8) is 0 Å². The monoisotopic (exact) mass is 422 g/mol. The Morgan fingerprint density at radius 1 is 1.25 bits per heavy atom. The van der Waals surface area contributed by atoms with Crippen molar-refractivity contribution in [2.45, 2.75) is 50.4 Å². The Bertz CT molecular complexity index is 659. The first kappa shape index (κ1) is 21.5. The molecule has 0 radical (unpaired) electrons. The lowest BCUT2D eigenvalue weighted by Crippen LogP contribution is -2.46. The Hall–Kier alpha value is -1.21. The maximum atomic E-state index is 12.2. The lowest BCUT2D eigenvalue weighted by Gasteiger charge is -2.30. The molecule has 1 aromatic rings. The maximum absolute atomic E-state index is 12.2. The fourth-order valence-corrected chi connectivity index (χ4v) is 6.22. The van der Waals surface area contributed by atoms with E-state index in [0.29, 0.717) is 11.3 Å². The van der Waals surface area contributed by atoms with Crippen LogP contribution in [0.15, 0.2) is 29.3 Å². The summed E-state index contributed by atoms with van der Waals surface area (Å²) in [5.74, 6) is 4.04. The van der Waals surface area contributed by atoms with Gasteiger partial charge in [-0.25, -0.2) is 0 Å². The van der Waals surface area contributed by atoms with Crippen LogP contribution in [0.5, 0.6) is 0 Å². The number of hydrogen-bond donors (Lipinski definition) is 2. The molecule has 0 spiro atoms. The van der Waals surface area contributed by atoms with E-state index in [0.717, 1.165) is 57.0 Å². The molecule has 3 rings (SSSR count). The van der Waals surface area contributed by atoms with Crippen LogP contribution in [0.2, 0.25) is 0 Å². The molecular weight excluding hydrogens is 388 g/mol. The summed E-state index contributed by atoms with van der Waals surface area (Å²) in [5.41, 5.74) is 2.58. The zero-order valence-corrected chi connectivity index (χ0v) is 18.8. The summed E-state index contributed by atoms with van der Waals surface area (Å²) in [6, 6.07) is 9.24. The van der Waals surface area contributed by atoms with Crippen molar-refractivity contribution >= 4 is 34.2 Å². The van der Waals surface area contributed by atoms with Gasteiger partial charge in [-0.05, 0) is 37.0 Å². The third-order valence-electron chi connectivity index (χ3n) is 5.62. The number of benzene rings is 1. The zero-order valence-electron chi connectivity index (χ0n) is 17.2. The standard InChI is InChI=1S/C21H34N4OS2/c1-3-28(26)20-6-4-5-18(15-20)24-21(22-2)23-16-17-7-9-19(10-8-17)25-11-13-27-14-12-25/h7-10,18,20H,3-6,11-16H2,1-2H3,(H2,22,23,24). The van der Waals surface area contributed by atoms with Crippen LogP contribution >= 0.6 is 11.8 Å². The summed E-state index contributed by atoms with van der Waals surface area (Å²) >= 11 is 2.04. The summed E-state index contributed by atoms with van der Waals surface area (Å²) in [6.07, 6.45) is 4.33. The summed E-state index contributed by atoms with van der Waals surface area (Å²) < 4.78 is 12.2. The highest BCUT2D eigenvalue weighted by Gasteiger charge is 2.26. The Labute approximate surface area is 176 Å². The van der Waals surface area contributed by atoms with Crippen LogP contribution < -0.4 is 15.5 Å². The average Bonchev–Trinajstić information content (AvgIpc) is 2.77. The topological polar surface area (TPSA) is 56.7 Å². The van der Waals surface area contributed by atoms with Crippen LogP contribution in [0.3, 0.4) is 0 Å². The summed E-state index contributed by atoms with van der Waals surface area (Å²) in [4.78, 5) is 6.85. The van der Waals surface area contributed by atoms with Gasteiger partial charge in [-0.15, -0.1) is 0 Å². The molecule has 28 heavy (non-hydrogen) atoms. The van der Waals surface area contributed by atoms with Crippen molar-refractivity contribution in [2.75, 3.05) is 42.3 Å². The normalized spacial score (nSPS) is 24.6. The molecule has 156 valence electrons. The molecule has 2 N–H and O–H groups in total. The number of hydrogen-bond acceptors (Lipinski definition) is 4. The van der Waals surface area contributed by atoms with Gasteiger partial charge < -0.3 is 15.5 Å². The molecule has 2 fully saturated rings. The number of thioether (sulfide) groups is 1. The minimum Gasteiger partial charge on any atom is -0.370 e. The molecule has 1 aromatic carbocycles. The van der Waals surface area contributed by atoms with E-state index in [1.54, 1.807) is 0 Å². The number of rotatable bonds is 6. The third-order valence-corrected chi connectivity index (χ3v) is 8.30. The largest absolute Gasteiger partial charge is 0.370 e. The zero-order chi connectivity index (χ0) is 19.8. The van der Waals surface area contributed by atoms with Gasteiger partial charge in [0.05, 0.1) is 0 Å².